The molecule has 0 bridgehead atoms. The molecule has 1 amide bonds. The third-order valence-electron chi connectivity index (χ3n) is 3.07. The molecular formula is C14H22N2O2. The molecule has 2 atom stereocenters. The summed E-state index contributed by atoms with van der Waals surface area (Å²) in [6.45, 7) is 4.53. The van der Waals surface area contributed by atoms with Crippen LogP contribution in [-0.4, -0.2) is 19.1 Å². The lowest BCUT2D eigenvalue weighted by atomic mass is 9.99. The summed E-state index contributed by atoms with van der Waals surface area (Å²) >= 11 is 0. The number of carbonyl (C=O) groups excluding carboxylic acids is 1. The number of nitrogens with one attached hydrogen (secondary N) is 1. The van der Waals surface area contributed by atoms with E-state index in [9.17, 15) is 4.79 Å². The minimum Gasteiger partial charge on any atom is -0.380 e. The van der Waals surface area contributed by atoms with E-state index >= 15 is 0 Å². The molecule has 100 valence electrons. The molecule has 2 unspecified atom stereocenters. The van der Waals surface area contributed by atoms with Crippen molar-refractivity contribution in [2.45, 2.75) is 32.9 Å². The van der Waals surface area contributed by atoms with Crippen molar-refractivity contribution in [3.63, 3.8) is 0 Å². The van der Waals surface area contributed by atoms with Crippen molar-refractivity contribution in [1.82, 2.24) is 0 Å². The summed E-state index contributed by atoms with van der Waals surface area (Å²) in [7, 11) is 1.64. The van der Waals surface area contributed by atoms with E-state index in [4.69, 9.17) is 10.5 Å². The summed E-state index contributed by atoms with van der Waals surface area (Å²) in [4.78, 5) is 11.9. The highest BCUT2D eigenvalue weighted by atomic mass is 16.5. The van der Waals surface area contributed by atoms with Crippen molar-refractivity contribution in [1.29, 1.82) is 0 Å². The molecule has 1 aromatic carbocycles. The Labute approximate surface area is 109 Å². The Bertz CT molecular complexity index is 393. The Hall–Kier alpha value is -1.39. The fraction of sp³-hybridized carbons (Fsp3) is 0.500. The molecule has 4 nitrogen and oxygen atoms in total. The van der Waals surface area contributed by atoms with Gasteiger partial charge >= 0.3 is 0 Å². The predicted octanol–water partition coefficient (Wildman–Crippen LogP) is 2.14. The maximum atomic E-state index is 11.9. The fourth-order valence-electron chi connectivity index (χ4n) is 1.64. The zero-order valence-electron chi connectivity index (χ0n) is 11.3. The lowest BCUT2D eigenvalue weighted by Gasteiger charge is -2.18. The molecule has 0 fully saturated rings. The van der Waals surface area contributed by atoms with E-state index in [0.29, 0.717) is 6.61 Å². The quantitative estimate of drug-likeness (QED) is 0.813. The number of benzene rings is 1. The Morgan fingerprint density at radius 3 is 2.83 bits per heavy atom. The Kier molecular flexibility index (Phi) is 5.82. The molecule has 1 aromatic rings. The summed E-state index contributed by atoms with van der Waals surface area (Å²) in [5.74, 6) is 0.0334. The van der Waals surface area contributed by atoms with Gasteiger partial charge < -0.3 is 15.8 Å². The van der Waals surface area contributed by atoms with Crippen molar-refractivity contribution < 1.29 is 9.53 Å². The van der Waals surface area contributed by atoms with Gasteiger partial charge in [0, 0.05) is 12.8 Å². The van der Waals surface area contributed by atoms with Crippen LogP contribution in [0.3, 0.4) is 0 Å². The largest absolute Gasteiger partial charge is 0.380 e. The zero-order valence-corrected chi connectivity index (χ0v) is 11.3. The third kappa shape index (κ3) is 4.13. The highest BCUT2D eigenvalue weighted by Crippen LogP contribution is 2.13. The molecule has 0 saturated carbocycles. The first kappa shape index (κ1) is 14.7. The van der Waals surface area contributed by atoms with Crippen molar-refractivity contribution in [2.24, 2.45) is 11.7 Å². The van der Waals surface area contributed by atoms with Crippen LogP contribution in [0.1, 0.15) is 25.8 Å². The molecule has 0 heterocycles. The second-order valence-corrected chi connectivity index (χ2v) is 4.53. The van der Waals surface area contributed by atoms with Gasteiger partial charge in [0.2, 0.25) is 5.91 Å². The van der Waals surface area contributed by atoms with E-state index in [1.54, 1.807) is 7.11 Å². The maximum Gasteiger partial charge on any atom is 0.241 e. The highest BCUT2D eigenvalue weighted by Gasteiger charge is 2.19. The SMILES string of the molecule is CCC(C)C(N)C(=O)Nc1cccc(COC)c1. The molecule has 18 heavy (non-hydrogen) atoms. The Balaban J connectivity index is 2.66. The van der Waals surface area contributed by atoms with Crippen LogP contribution >= 0.6 is 0 Å². The van der Waals surface area contributed by atoms with Crippen LogP contribution in [-0.2, 0) is 16.1 Å². The Morgan fingerprint density at radius 1 is 1.50 bits per heavy atom. The topological polar surface area (TPSA) is 64.4 Å². The van der Waals surface area contributed by atoms with Crippen LogP contribution in [0.5, 0.6) is 0 Å². The molecule has 0 aliphatic carbocycles. The predicted molar refractivity (Wildman–Crippen MR) is 73.2 cm³/mol. The van der Waals surface area contributed by atoms with Gasteiger partial charge in [0.1, 0.15) is 0 Å². The van der Waals surface area contributed by atoms with Gasteiger partial charge in [0.15, 0.2) is 0 Å². The van der Waals surface area contributed by atoms with E-state index in [1.165, 1.54) is 0 Å². The third-order valence-corrected chi connectivity index (χ3v) is 3.07. The number of carbonyl (C=O) groups is 1. The van der Waals surface area contributed by atoms with Crippen LogP contribution < -0.4 is 11.1 Å². The van der Waals surface area contributed by atoms with Crippen LogP contribution in [0.4, 0.5) is 5.69 Å². The van der Waals surface area contributed by atoms with E-state index in [-0.39, 0.29) is 11.8 Å². The average Bonchev–Trinajstić information content (AvgIpc) is 2.37. The van der Waals surface area contributed by atoms with E-state index in [1.807, 2.05) is 38.1 Å². The lowest BCUT2D eigenvalue weighted by Crippen LogP contribution is -2.40. The molecule has 4 heteroatoms. The number of ether oxygens (including phenoxy) is 1. The standard InChI is InChI=1S/C14H22N2O2/c1-4-10(2)13(15)14(17)16-12-7-5-6-11(8-12)9-18-3/h5-8,10,13H,4,9,15H2,1-3H3,(H,16,17). The summed E-state index contributed by atoms with van der Waals surface area (Å²) in [5, 5.41) is 2.84. The van der Waals surface area contributed by atoms with Gasteiger partial charge in [0.05, 0.1) is 12.6 Å². The van der Waals surface area contributed by atoms with Gasteiger partial charge in [-0.1, -0.05) is 32.4 Å². The number of nitrogens with two attached hydrogens (primary N) is 1. The number of methoxy groups -OCH3 is 1. The van der Waals surface area contributed by atoms with Crippen LogP contribution in [0.25, 0.3) is 0 Å². The van der Waals surface area contributed by atoms with Gasteiger partial charge in [0.25, 0.3) is 0 Å². The van der Waals surface area contributed by atoms with Gasteiger partial charge in [-0.05, 0) is 23.6 Å². The van der Waals surface area contributed by atoms with Crippen LogP contribution in [0, 0.1) is 5.92 Å². The minimum atomic E-state index is -0.471. The number of hydrogen-bond donors (Lipinski definition) is 2. The fourth-order valence-corrected chi connectivity index (χ4v) is 1.64. The second-order valence-electron chi connectivity index (χ2n) is 4.53. The summed E-state index contributed by atoms with van der Waals surface area (Å²) < 4.78 is 5.05. The lowest BCUT2D eigenvalue weighted by molar-refractivity contribution is -0.118. The highest BCUT2D eigenvalue weighted by molar-refractivity contribution is 5.94. The first-order chi connectivity index (χ1) is 8.58. The minimum absolute atomic E-state index is 0.140. The van der Waals surface area contributed by atoms with Gasteiger partial charge in [-0.2, -0.15) is 0 Å². The second kappa shape index (κ2) is 7.13. The molecule has 0 saturated heterocycles. The Morgan fingerprint density at radius 2 is 2.22 bits per heavy atom. The first-order valence-electron chi connectivity index (χ1n) is 6.22. The normalized spacial score (nSPS) is 14.0. The van der Waals surface area contributed by atoms with Gasteiger partial charge in [-0.25, -0.2) is 0 Å². The van der Waals surface area contributed by atoms with Gasteiger partial charge in [-0.15, -0.1) is 0 Å². The van der Waals surface area contributed by atoms with Crippen molar-refractivity contribution in [3.8, 4) is 0 Å². The molecule has 0 aromatic heterocycles. The molecule has 0 aliphatic rings. The van der Waals surface area contributed by atoms with E-state index < -0.39 is 6.04 Å². The molecule has 0 radical (unpaired) electrons. The van der Waals surface area contributed by atoms with Crippen LogP contribution in [0.15, 0.2) is 24.3 Å². The van der Waals surface area contributed by atoms with E-state index in [0.717, 1.165) is 17.7 Å². The smallest absolute Gasteiger partial charge is 0.241 e. The van der Waals surface area contributed by atoms with Gasteiger partial charge in [-0.3, -0.25) is 4.79 Å². The zero-order chi connectivity index (χ0) is 13.5. The number of rotatable bonds is 6. The maximum absolute atomic E-state index is 11.9. The molecular weight excluding hydrogens is 228 g/mol. The summed E-state index contributed by atoms with van der Waals surface area (Å²) in [5.41, 5.74) is 7.66. The van der Waals surface area contributed by atoms with Crippen molar-refractivity contribution in [3.05, 3.63) is 29.8 Å². The number of anilines is 1. The van der Waals surface area contributed by atoms with Crippen LogP contribution in [0.2, 0.25) is 0 Å². The molecule has 3 N–H and O–H groups in total. The number of amides is 1. The average molecular weight is 250 g/mol. The summed E-state index contributed by atoms with van der Waals surface area (Å²) in [6, 6.07) is 7.11. The monoisotopic (exact) mass is 250 g/mol. The van der Waals surface area contributed by atoms with E-state index in [2.05, 4.69) is 5.32 Å². The molecule has 0 aliphatic heterocycles. The van der Waals surface area contributed by atoms with Crippen molar-refractivity contribution in [2.75, 3.05) is 12.4 Å². The summed E-state index contributed by atoms with van der Waals surface area (Å²) in [6.07, 6.45) is 0.887. The number of hydrogen-bond acceptors (Lipinski definition) is 3. The molecule has 1 rings (SSSR count). The molecule has 0 spiro atoms. The first-order valence-corrected chi connectivity index (χ1v) is 6.22. The van der Waals surface area contributed by atoms with Crippen molar-refractivity contribution >= 4 is 11.6 Å².